The molecule has 0 spiro atoms. The maximum Gasteiger partial charge on any atom is 0.306 e. The van der Waals surface area contributed by atoms with Gasteiger partial charge >= 0.3 is 17.9 Å². The van der Waals surface area contributed by atoms with E-state index in [2.05, 4.69) is 81.5 Å². The van der Waals surface area contributed by atoms with Crippen molar-refractivity contribution in [3.63, 3.8) is 0 Å². The first-order valence-electron chi connectivity index (χ1n) is 31.8. The van der Waals surface area contributed by atoms with Gasteiger partial charge in [-0.2, -0.15) is 0 Å². The van der Waals surface area contributed by atoms with Crippen molar-refractivity contribution in [3.05, 3.63) is 60.8 Å². The van der Waals surface area contributed by atoms with Crippen LogP contribution in [0.25, 0.3) is 0 Å². The average Bonchev–Trinajstić information content (AvgIpc) is 3.39. The van der Waals surface area contributed by atoms with Gasteiger partial charge in [-0.1, -0.05) is 261 Å². The molecule has 0 N–H and O–H groups in total. The molecule has 1 atom stereocenters. The lowest BCUT2D eigenvalue weighted by Gasteiger charge is -2.18. The van der Waals surface area contributed by atoms with Gasteiger partial charge in [-0.15, -0.1) is 0 Å². The molecule has 0 rings (SSSR count). The van der Waals surface area contributed by atoms with Gasteiger partial charge in [-0.25, -0.2) is 0 Å². The Hall–Kier alpha value is -2.89. The van der Waals surface area contributed by atoms with Gasteiger partial charge in [0.15, 0.2) is 6.10 Å². The fraction of sp³-hybridized carbons (Fsp3) is 0.806. The van der Waals surface area contributed by atoms with Crippen LogP contribution in [0.15, 0.2) is 60.8 Å². The first-order chi connectivity index (χ1) is 36.0. The van der Waals surface area contributed by atoms with E-state index < -0.39 is 6.10 Å². The highest BCUT2D eigenvalue weighted by atomic mass is 16.6. The van der Waals surface area contributed by atoms with Gasteiger partial charge in [-0.3, -0.25) is 14.4 Å². The summed E-state index contributed by atoms with van der Waals surface area (Å²) in [5, 5.41) is 0. The fourth-order valence-corrected chi connectivity index (χ4v) is 9.15. The zero-order valence-corrected chi connectivity index (χ0v) is 48.7. The average molecular weight is 1020 g/mol. The molecule has 0 fully saturated rings. The maximum absolute atomic E-state index is 12.9. The Morgan fingerprint density at radius 2 is 0.493 bits per heavy atom. The molecule has 0 aromatic heterocycles. The highest BCUT2D eigenvalue weighted by Crippen LogP contribution is 2.16. The smallest absolute Gasteiger partial charge is 0.306 e. The molecule has 0 bridgehead atoms. The molecule has 0 aliphatic heterocycles. The van der Waals surface area contributed by atoms with Crippen LogP contribution in [0.1, 0.15) is 329 Å². The third-order valence-electron chi connectivity index (χ3n) is 14.0. The molecule has 0 aromatic rings. The first-order valence-corrected chi connectivity index (χ1v) is 31.8. The summed E-state index contributed by atoms with van der Waals surface area (Å²) in [6.45, 7) is 6.64. The Bertz CT molecular complexity index is 1310. The molecule has 0 radical (unpaired) electrons. The van der Waals surface area contributed by atoms with E-state index in [-0.39, 0.29) is 31.1 Å². The molecule has 424 valence electrons. The van der Waals surface area contributed by atoms with Crippen LogP contribution in [0, 0.1) is 0 Å². The second-order valence-corrected chi connectivity index (χ2v) is 21.3. The minimum atomic E-state index is -0.784. The lowest BCUT2D eigenvalue weighted by atomic mass is 10.1. The van der Waals surface area contributed by atoms with Crippen LogP contribution in [0.2, 0.25) is 0 Å². The number of ether oxygens (including phenoxy) is 3. The molecule has 73 heavy (non-hydrogen) atoms. The van der Waals surface area contributed by atoms with Crippen molar-refractivity contribution < 1.29 is 28.6 Å². The van der Waals surface area contributed by atoms with E-state index >= 15 is 0 Å². The van der Waals surface area contributed by atoms with Crippen molar-refractivity contribution in [1.82, 2.24) is 0 Å². The normalized spacial score (nSPS) is 12.4. The molecule has 0 aliphatic carbocycles. The lowest BCUT2D eigenvalue weighted by Crippen LogP contribution is -2.30. The number of esters is 3. The van der Waals surface area contributed by atoms with Crippen molar-refractivity contribution in [2.45, 2.75) is 335 Å². The van der Waals surface area contributed by atoms with Gasteiger partial charge in [0, 0.05) is 19.3 Å². The highest BCUT2D eigenvalue weighted by molar-refractivity contribution is 5.71. The Morgan fingerprint density at radius 3 is 0.781 bits per heavy atom. The summed E-state index contributed by atoms with van der Waals surface area (Å²) < 4.78 is 16.9. The van der Waals surface area contributed by atoms with E-state index in [9.17, 15) is 14.4 Å². The number of unbranched alkanes of at least 4 members (excludes halogenated alkanes) is 37. The van der Waals surface area contributed by atoms with Crippen LogP contribution in [-0.2, 0) is 28.6 Å². The fourth-order valence-electron chi connectivity index (χ4n) is 9.15. The summed E-state index contributed by atoms with van der Waals surface area (Å²) in [4.78, 5) is 38.3. The van der Waals surface area contributed by atoms with Gasteiger partial charge in [-0.05, 0) is 109 Å². The summed E-state index contributed by atoms with van der Waals surface area (Å²) in [6.07, 6.45) is 77.9. The molecule has 0 saturated carbocycles. The summed E-state index contributed by atoms with van der Waals surface area (Å²) in [7, 11) is 0. The number of carbonyl (C=O) groups is 3. The topological polar surface area (TPSA) is 78.9 Å². The number of carbonyl (C=O) groups excluding carboxylic acids is 3. The quantitative estimate of drug-likeness (QED) is 0.0261. The molecule has 0 amide bonds. The van der Waals surface area contributed by atoms with E-state index in [1.54, 1.807) is 0 Å². The summed E-state index contributed by atoms with van der Waals surface area (Å²) in [5.41, 5.74) is 0. The number of hydrogen-bond donors (Lipinski definition) is 0. The number of rotatable bonds is 58. The molecule has 1 unspecified atom stereocenters. The monoisotopic (exact) mass is 1020 g/mol. The largest absolute Gasteiger partial charge is 0.462 e. The van der Waals surface area contributed by atoms with E-state index in [0.29, 0.717) is 19.3 Å². The van der Waals surface area contributed by atoms with Crippen LogP contribution in [0.5, 0.6) is 0 Å². The number of hydrogen-bond acceptors (Lipinski definition) is 6. The van der Waals surface area contributed by atoms with Crippen LogP contribution in [0.3, 0.4) is 0 Å². The van der Waals surface area contributed by atoms with E-state index in [0.717, 1.165) is 89.9 Å². The van der Waals surface area contributed by atoms with Crippen molar-refractivity contribution in [1.29, 1.82) is 0 Å². The van der Waals surface area contributed by atoms with Crippen LogP contribution in [-0.4, -0.2) is 37.2 Å². The van der Waals surface area contributed by atoms with E-state index in [4.69, 9.17) is 14.2 Å². The molecule has 0 aliphatic rings. The van der Waals surface area contributed by atoms with Crippen molar-refractivity contribution in [2.75, 3.05) is 13.2 Å². The summed E-state index contributed by atoms with van der Waals surface area (Å²) in [5.74, 6) is -0.886. The SMILES string of the molecule is CCCCCCC/C=C\C/C=C\C/C=C\CCCCCCCCCCCCC(=O)OCC(COC(=O)CCCCCCC/C=C\CCCCCCC)OC(=O)CCCCCCC/C=C\CCCCCCCCC. The highest BCUT2D eigenvalue weighted by Gasteiger charge is 2.19. The molecule has 0 aromatic carbocycles. The second-order valence-electron chi connectivity index (χ2n) is 21.3. The van der Waals surface area contributed by atoms with Gasteiger partial charge in [0.25, 0.3) is 0 Å². The van der Waals surface area contributed by atoms with Crippen molar-refractivity contribution in [3.8, 4) is 0 Å². The molecular weight excluding hydrogens is 901 g/mol. The molecule has 0 saturated heterocycles. The van der Waals surface area contributed by atoms with E-state index in [1.807, 2.05) is 0 Å². The number of allylic oxidation sites excluding steroid dienone is 10. The molecule has 6 heteroatoms. The van der Waals surface area contributed by atoms with Gasteiger partial charge in [0.05, 0.1) is 0 Å². The van der Waals surface area contributed by atoms with Crippen molar-refractivity contribution in [2.24, 2.45) is 0 Å². The third kappa shape index (κ3) is 59.9. The Kier molecular flexibility index (Phi) is 59.2. The molecule has 0 heterocycles. The Balaban J connectivity index is 4.31. The minimum absolute atomic E-state index is 0.0806. The Morgan fingerprint density at radius 1 is 0.274 bits per heavy atom. The van der Waals surface area contributed by atoms with Gasteiger partial charge in [0.1, 0.15) is 13.2 Å². The van der Waals surface area contributed by atoms with Crippen molar-refractivity contribution >= 4 is 17.9 Å². The van der Waals surface area contributed by atoms with Crippen LogP contribution in [0.4, 0.5) is 0 Å². The molecule has 6 nitrogen and oxygen atoms in total. The summed E-state index contributed by atoms with van der Waals surface area (Å²) >= 11 is 0. The lowest BCUT2D eigenvalue weighted by molar-refractivity contribution is -0.167. The van der Waals surface area contributed by atoms with Gasteiger partial charge < -0.3 is 14.2 Å². The predicted molar refractivity (Wildman–Crippen MR) is 316 cm³/mol. The van der Waals surface area contributed by atoms with Gasteiger partial charge in [0.2, 0.25) is 0 Å². The minimum Gasteiger partial charge on any atom is -0.462 e. The molecular formula is C67H120O6. The second kappa shape index (κ2) is 61.7. The zero-order chi connectivity index (χ0) is 52.9. The predicted octanol–water partition coefficient (Wildman–Crippen LogP) is 21.6. The van der Waals surface area contributed by atoms with Crippen LogP contribution < -0.4 is 0 Å². The standard InChI is InChI=1S/C67H120O6/c1-4-7-10-13-16-19-22-25-28-30-31-32-33-34-35-36-37-38-40-42-45-48-51-54-57-60-66(69)72-63-64(62-71-65(68)59-56-53-50-47-44-41-27-24-21-18-15-12-9-6-3)73-67(70)61-58-55-52-49-46-43-39-29-26-23-20-17-14-11-8-5-2/h22,24-25,27,29-31,33-34,39,64H,4-21,23,26,28,32,35-38,40-63H2,1-3H3/b25-22-,27-24-,31-30-,34-33-,39-29-. The third-order valence-corrected chi connectivity index (χ3v) is 14.0. The first kappa shape index (κ1) is 70.1. The van der Waals surface area contributed by atoms with E-state index in [1.165, 1.54) is 199 Å². The summed E-state index contributed by atoms with van der Waals surface area (Å²) in [6, 6.07) is 0. The Labute approximate surface area is 453 Å². The zero-order valence-electron chi connectivity index (χ0n) is 48.7. The maximum atomic E-state index is 12.9. The van der Waals surface area contributed by atoms with Crippen LogP contribution >= 0.6 is 0 Å².